The molecular formula is C14H14BrNOS. The Hall–Kier alpha value is -1.000. The standard InChI is InChI=1S/C14H14BrNOS/c1-9(14-7-11(15)8-18-14)16-12-2-3-13-10(6-12)4-5-17-13/h2-3,6-9,16H,4-5H2,1H3. The summed E-state index contributed by atoms with van der Waals surface area (Å²) in [5.41, 5.74) is 2.47. The minimum atomic E-state index is 0.321. The van der Waals surface area contributed by atoms with Gasteiger partial charge in [-0.3, -0.25) is 0 Å². The summed E-state index contributed by atoms with van der Waals surface area (Å²) in [5, 5.41) is 5.65. The van der Waals surface area contributed by atoms with Crippen LogP contribution in [0.3, 0.4) is 0 Å². The molecule has 0 aliphatic carbocycles. The highest BCUT2D eigenvalue weighted by Crippen LogP contribution is 2.31. The van der Waals surface area contributed by atoms with Crippen molar-refractivity contribution >= 4 is 33.0 Å². The SMILES string of the molecule is CC(Nc1ccc2c(c1)CCO2)c1cc(Br)cs1. The number of rotatable bonds is 3. The highest BCUT2D eigenvalue weighted by molar-refractivity contribution is 9.10. The van der Waals surface area contributed by atoms with Gasteiger partial charge in [-0.25, -0.2) is 0 Å². The van der Waals surface area contributed by atoms with E-state index in [-0.39, 0.29) is 0 Å². The first kappa shape index (κ1) is 12.1. The van der Waals surface area contributed by atoms with Gasteiger partial charge in [0.2, 0.25) is 0 Å². The number of benzene rings is 1. The smallest absolute Gasteiger partial charge is 0.122 e. The topological polar surface area (TPSA) is 21.3 Å². The van der Waals surface area contributed by atoms with Crippen LogP contribution >= 0.6 is 27.3 Å². The molecule has 2 aromatic rings. The summed E-state index contributed by atoms with van der Waals surface area (Å²) < 4.78 is 6.67. The summed E-state index contributed by atoms with van der Waals surface area (Å²) in [6, 6.07) is 8.83. The maximum Gasteiger partial charge on any atom is 0.122 e. The van der Waals surface area contributed by atoms with Gasteiger partial charge in [0.05, 0.1) is 12.6 Å². The fourth-order valence-electron chi connectivity index (χ4n) is 2.15. The lowest BCUT2D eigenvalue weighted by molar-refractivity contribution is 0.357. The highest BCUT2D eigenvalue weighted by Gasteiger charge is 2.13. The zero-order valence-electron chi connectivity index (χ0n) is 10.1. The van der Waals surface area contributed by atoms with Crippen molar-refractivity contribution < 1.29 is 4.74 Å². The second kappa shape index (κ2) is 4.94. The first-order valence-corrected chi connectivity index (χ1v) is 7.66. The van der Waals surface area contributed by atoms with Crippen LogP contribution in [0, 0.1) is 0 Å². The van der Waals surface area contributed by atoms with Crippen molar-refractivity contribution in [3.05, 3.63) is 44.6 Å². The molecule has 1 aromatic carbocycles. The second-order valence-electron chi connectivity index (χ2n) is 4.45. The molecule has 1 N–H and O–H groups in total. The number of anilines is 1. The van der Waals surface area contributed by atoms with Crippen LogP contribution in [-0.4, -0.2) is 6.61 Å². The fraction of sp³-hybridized carbons (Fsp3) is 0.286. The molecule has 2 nitrogen and oxygen atoms in total. The van der Waals surface area contributed by atoms with Gasteiger partial charge < -0.3 is 10.1 Å². The van der Waals surface area contributed by atoms with Gasteiger partial charge in [-0.2, -0.15) is 0 Å². The molecule has 1 aliphatic rings. The predicted octanol–water partition coefficient (Wildman–Crippen LogP) is 4.62. The van der Waals surface area contributed by atoms with E-state index in [1.54, 1.807) is 11.3 Å². The van der Waals surface area contributed by atoms with Crippen molar-refractivity contribution in [2.45, 2.75) is 19.4 Å². The number of halogens is 1. The predicted molar refractivity (Wildman–Crippen MR) is 79.7 cm³/mol. The average molecular weight is 324 g/mol. The van der Waals surface area contributed by atoms with E-state index in [1.165, 1.54) is 10.4 Å². The molecule has 0 fully saturated rings. The molecule has 0 spiro atoms. The van der Waals surface area contributed by atoms with Crippen LogP contribution in [0.5, 0.6) is 5.75 Å². The van der Waals surface area contributed by atoms with Crippen molar-refractivity contribution in [3.8, 4) is 5.75 Å². The molecule has 18 heavy (non-hydrogen) atoms. The van der Waals surface area contributed by atoms with Gasteiger partial charge in [-0.05, 0) is 52.7 Å². The van der Waals surface area contributed by atoms with E-state index in [4.69, 9.17) is 4.74 Å². The number of nitrogens with one attached hydrogen (secondary N) is 1. The Bertz CT molecular complexity index is 567. The van der Waals surface area contributed by atoms with E-state index in [9.17, 15) is 0 Å². The Kier molecular flexibility index (Phi) is 3.31. The number of fused-ring (bicyclic) bond motifs is 1. The zero-order chi connectivity index (χ0) is 12.5. The summed E-state index contributed by atoms with van der Waals surface area (Å²) in [6.07, 6.45) is 1.02. The Balaban J connectivity index is 1.76. The van der Waals surface area contributed by atoms with Crippen LogP contribution in [0.1, 0.15) is 23.4 Å². The van der Waals surface area contributed by atoms with Gasteiger partial charge in [0.25, 0.3) is 0 Å². The Morgan fingerprint density at radius 3 is 3.06 bits per heavy atom. The molecule has 0 radical (unpaired) electrons. The largest absolute Gasteiger partial charge is 0.493 e. The van der Waals surface area contributed by atoms with E-state index in [1.807, 2.05) is 0 Å². The minimum absolute atomic E-state index is 0.321. The van der Waals surface area contributed by atoms with Crippen molar-refractivity contribution in [1.29, 1.82) is 0 Å². The lowest BCUT2D eigenvalue weighted by Gasteiger charge is -2.14. The van der Waals surface area contributed by atoms with Crippen molar-refractivity contribution in [3.63, 3.8) is 0 Å². The van der Waals surface area contributed by atoms with Crippen molar-refractivity contribution in [2.24, 2.45) is 0 Å². The van der Waals surface area contributed by atoms with E-state index < -0.39 is 0 Å². The molecule has 0 bridgehead atoms. The molecule has 94 valence electrons. The van der Waals surface area contributed by atoms with Crippen LogP contribution < -0.4 is 10.1 Å². The molecular weight excluding hydrogens is 310 g/mol. The molecule has 3 rings (SSSR count). The summed E-state index contributed by atoms with van der Waals surface area (Å²) in [5.74, 6) is 1.03. The lowest BCUT2D eigenvalue weighted by atomic mass is 10.1. The number of ether oxygens (including phenoxy) is 1. The van der Waals surface area contributed by atoms with E-state index in [0.717, 1.165) is 28.9 Å². The summed E-state index contributed by atoms with van der Waals surface area (Å²) >= 11 is 5.26. The van der Waals surface area contributed by atoms with Crippen molar-refractivity contribution in [2.75, 3.05) is 11.9 Å². The number of hydrogen-bond donors (Lipinski definition) is 1. The molecule has 0 saturated heterocycles. The van der Waals surface area contributed by atoms with Crippen LogP contribution in [-0.2, 0) is 6.42 Å². The third-order valence-electron chi connectivity index (χ3n) is 3.09. The summed E-state index contributed by atoms with van der Waals surface area (Å²) in [7, 11) is 0. The van der Waals surface area contributed by atoms with Gasteiger partial charge >= 0.3 is 0 Å². The van der Waals surface area contributed by atoms with Crippen LogP contribution in [0.4, 0.5) is 5.69 Å². The third kappa shape index (κ3) is 2.40. The monoisotopic (exact) mass is 323 g/mol. The van der Waals surface area contributed by atoms with Crippen molar-refractivity contribution in [1.82, 2.24) is 0 Å². The Labute approximate surface area is 119 Å². The quantitative estimate of drug-likeness (QED) is 0.889. The Morgan fingerprint density at radius 1 is 1.39 bits per heavy atom. The molecule has 1 atom stereocenters. The second-order valence-corrected chi connectivity index (χ2v) is 6.31. The normalized spacial score (nSPS) is 15.0. The van der Waals surface area contributed by atoms with Crippen LogP contribution in [0.15, 0.2) is 34.1 Å². The fourth-order valence-corrected chi connectivity index (χ4v) is 3.61. The first-order valence-electron chi connectivity index (χ1n) is 5.98. The van der Waals surface area contributed by atoms with Gasteiger partial charge in [-0.1, -0.05) is 0 Å². The van der Waals surface area contributed by atoms with Gasteiger partial charge in [0.1, 0.15) is 5.75 Å². The first-order chi connectivity index (χ1) is 8.72. The maximum atomic E-state index is 5.51. The average Bonchev–Trinajstić information content (AvgIpc) is 2.96. The van der Waals surface area contributed by atoms with Gasteiger partial charge in [0, 0.05) is 26.8 Å². The third-order valence-corrected chi connectivity index (χ3v) is 4.96. The maximum absolute atomic E-state index is 5.51. The van der Waals surface area contributed by atoms with E-state index in [2.05, 4.69) is 57.8 Å². The lowest BCUT2D eigenvalue weighted by Crippen LogP contribution is -2.04. The minimum Gasteiger partial charge on any atom is -0.493 e. The molecule has 4 heteroatoms. The number of hydrogen-bond acceptors (Lipinski definition) is 3. The summed E-state index contributed by atoms with van der Waals surface area (Å²) in [6.45, 7) is 2.99. The van der Waals surface area contributed by atoms with Crippen LogP contribution in [0.25, 0.3) is 0 Å². The molecule has 0 amide bonds. The number of thiophene rings is 1. The van der Waals surface area contributed by atoms with E-state index in [0.29, 0.717) is 6.04 Å². The zero-order valence-corrected chi connectivity index (χ0v) is 12.5. The Morgan fingerprint density at radius 2 is 2.28 bits per heavy atom. The molecule has 1 unspecified atom stereocenters. The molecule has 1 aromatic heterocycles. The summed E-state index contributed by atoms with van der Waals surface area (Å²) in [4.78, 5) is 1.33. The van der Waals surface area contributed by atoms with E-state index >= 15 is 0 Å². The van der Waals surface area contributed by atoms with Gasteiger partial charge in [-0.15, -0.1) is 11.3 Å². The van der Waals surface area contributed by atoms with Gasteiger partial charge in [0.15, 0.2) is 0 Å². The molecule has 0 saturated carbocycles. The molecule has 2 heterocycles. The highest BCUT2D eigenvalue weighted by atomic mass is 79.9. The van der Waals surface area contributed by atoms with Crippen LogP contribution in [0.2, 0.25) is 0 Å². The molecule has 1 aliphatic heterocycles.